The minimum absolute atomic E-state index is 0.245. The molecule has 0 bridgehead atoms. The van der Waals surface area contributed by atoms with E-state index in [0.29, 0.717) is 12.8 Å². The van der Waals surface area contributed by atoms with Gasteiger partial charge in [-0.05, 0) is 64.2 Å². The minimum Gasteiger partial charge on any atom is -0.481 e. The third-order valence-corrected chi connectivity index (χ3v) is 11.4. The molecule has 68 heavy (non-hydrogen) atoms. The van der Waals surface area contributed by atoms with Crippen LogP contribution in [-0.2, 0) is 43.2 Å². The Bertz CT molecular complexity index is 1130. The Kier molecular flexibility index (Phi) is 56.4. The number of aliphatic carboxylic acids is 8. The molecule has 0 aromatic carbocycles. The molecule has 0 radical (unpaired) electrons. The van der Waals surface area contributed by atoms with E-state index in [2.05, 4.69) is 15.9 Å². The second-order valence-electron chi connectivity index (χ2n) is 16.1. The highest BCUT2D eigenvalue weighted by molar-refractivity contribution is 9.10. The molecule has 3 amide bonds. The lowest BCUT2D eigenvalue weighted by atomic mass is 10.0. The largest absolute Gasteiger partial charge is 0.481 e. The predicted octanol–water partition coefficient (Wildman–Crippen LogP) is 10.2. The second kappa shape index (κ2) is 53.1. The van der Waals surface area contributed by atoms with E-state index in [1.807, 2.05) is 19.2 Å². The van der Waals surface area contributed by atoms with Crippen molar-refractivity contribution < 1.29 is 88.8 Å². The van der Waals surface area contributed by atoms with E-state index in [1.165, 1.54) is 0 Å². The van der Waals surface area contributed by atoms with E-state index in [0.717, 1.165) is 154 Å². The van der Waals surface area contributed by atoms with Gasteiger partial charge in [0.05, 0.1) is 0 Å². The van der Waals surface area contributed by atoms with Crippen LogP contribution in [0.3, 0.4) is 0 Å². The van der Waals surface area contributed by atoms with Crippen molar-refractivity contribution in [2.75, 3.05) is 0 Å². The number of carbonyl (C=O) groups is 10. The number of halogens is 1. The van der Waals surface area contributed by atoms with Gasteiger partial charge in [-0.1, -0.05) is 133 Å². The van der Waals surface area contributed by atoms with Crippen molar-refractivity contribution in [2.24, 2.45) is 5.73 Å². The molecular weight excluding hydrogens is 960 g/mol. The van der Waals surface area contributed by atoms with Gasteiger partial charge in [0.25, 0.3) is 0 Å². The Labute approximate surface area is 410 Å². The summed E-state index contributed by atoms with van der Waals surface area (Å²) < 4.78 is -0.665. The number of nitrogens with one attached hydrogen (secondary N) is 1. The number of primary amides is 1. The van der Waals surface area contributed by atoms with Crippen molar-refractivity contribution in [3.05, 3.63) is 0 Å². The lowest BCUT2D eigenvalue weighted by Crippen LogP contribution is -2.46. The quantitative estimate of drug-likeness (QED) is 0.0202. The standard InChI is InChI=1S/4C10H18O4.C7H13BrN2O2/c4*11-9(12)7-5-3-1-2-4-6-8-10(13)14;1-3-7(8,4-2)5(11)10-6(9)12/h4*1-8H2,(H,11,12)(H,13,14);3-4H2,1-2H3,(H3,9,10,11,12). The molecule has 21 heteroatoms. The molecule has 0 heterocycles. The fourth-order valence-corrected chi connectivity index (χ4v) is 5.93. The van der Waals surface area contributed by atoms with Crippen molar-refractivity contribution in [3.8, 4) is 0 Å². The number of carboxylic acid groups (broad SMARTS) is 8. The first-order chi connectivity index (χ1) is 32.0. The number of hydrogen-bond acceptors (Lipinski definition) is 10. The van der Waals surface area contributed by atoms with Gasteiger partial charge in [-0.3, -0.25) is 48.5 Å². The van der Waals surface area contributed by atoms with E-state index in [4.69, 9.17) is 46.6 Å². The highest BCUT2D eigenvalue weighted by atomic mass is 79.9. The van der Waals surface area contributed by atoms with Crippen LogP contribution in [0.15, 0.2) is 0 Å². The third kappa shape index (κ3) is 72.8. The van der Waals surface area contributed by atoms with E-state index in [1.54, 1.807) is 0 Å². The first-order valence-corrected chi connectivity index (χ1v) is 24.8. The topological polar surface area (TPSA) is 371 Å². The van der Waals surface area contributed by atoms with Crippen LogP contribution in [0.1, 0.15) is 232 Å². The van der Waals surface area contributed by atoms with Gasteiger partial charge in [0.1, 0.15) is 4.32 Å². The first kappa shape index (κ1) is 72.2. The number of alkyl halides is 1. The van der Waals surface area contributed by atoms with E-state index < -0.39 is 58.1 Å². The number of urea groups is 1. The molecule has 0 atom stereocenters. The van der Waals surface area contributed by atoms with Crippen molar-refractivity contribution in [1.29, 1.82) is 0 Å². The van der Waals surface area contributed by atoms with Crippen LogP contribution in [0, 0.1) is 0 Å². The summed E-state index contributed by atoms with van der Waals surface area (Å²) in [6, 6.07) is -0.814. The monoisotopic (exact) mass is 1040 g/mol. The summed E-state index contributed by atoms with van der Waals surface area (Å²) in [7, 11) is 0. The summed E-state index contributed by atoms with van der Waals surface area (Å²) in [5.74, 6) is -6.29. The molecule has 0 aromatic rings. The van der Waals surface area contributed by atoms with Gasteiger partial charge in [0, 0.05) is 51.4 Å². The summed E-state index contributed by atoms with van der Waals surface area (Å²) >= 11 is 3.26. The molecule has 0 spiro atoms. The molecule has 0 aliphatic rings. The highest BCUT2D eigenvalue weighted by Crippen LogP contribution is 2.26. The van der Waals surface area contributed by atoms with Crippen LogP contribution >= 0.6 is 15.9 Å². The highest BCUT2D eigenvalue weighted by Gasteiger charge is 2.32. The number of imide groups is 1. The molecular formula is C47H85BrN2O18. The maximum absolute atomic E-state index is 11.3. The number of unbranched alkanes of at least 4 members (excludes halogenated alkanes) is 20. The maximum atomic E-state index is 11.3. The van der Waals surface area contributed by atoms with Crippen molar-refractivity contribution >= 4 is 75.6 Å². The number of carbonyl (C=O) groups excluding carboxylic acids is 2. The molecule has 0 saturated heterocycles. The molecule has 0 fully saturated rings. The zero-order valence-corrected chi connectivity index (χ0v) is 42.2. The molecule has 20 nitrogen and oxygen atoms in total. The summed E-state index contributed by atoms with van der Waals surface area (Å²) in [6.45, 7) is 3.72. The average molecular weight is 1050 g/mol. The summed E-state index contributed by atoms with van der Waals surface area (Å²) in [6.07, 6.45) is 24.5. The van der Waals surface area contributed by atoms with E-state index in [-0.39, 0.29) is 57.3 Å². The fraction of sp³-hybridized carbons (Fsp3) is 0.787. The Morgan fingerprint density at radius 3 is 0.559 bits per heavy atom. The van der Waals surface area contributed by atoms with Crippen molar-refractivity contribution in [3.63, 3.8) is 0 Å². The molecule has 398 valence electrons. The van der Waals surface area contributed by atoms with Gasteiger partial charge >= 0.3 is 53.8 Å². The number of hydrogen-bond donors (Lipinski definition) is 10. The molecule has 0 unspecified atom stereocenters. The van der Waals surface area contributed by atoms with Gasteiger partial charge in [-0.15, -0.1) is 0 Å². The van der Waals surface area contributed by atoms with Crippen LogP contribution in [0.25, 0.3) is 0 Å². The molecule has 0 aromatic heterocycles. The van der Waals surface area contributed by atoms with Gasteiger partial charge in [0.15, 0.2) is 0 Å². The van der Waals surface area contributed by atoms with Crippen LogP contribution in [-0.4, -0.2) is 105 Å². The van der Waals surface area contributed by atoms with Gasteiger partial charge in [-0.2, -0.15) is 0 Å². The predicted molar refractivity (Wildman–Crippen MR) is 259 cm³/mol. The van der Waals surface area contributed by atoms with Crippen LogP contribution < -0.4 is 11.1 Å². The SMILES string of the molecule is CCC(Br)(CC)C(=O)NC(N)=O.O=C(O)CCCCCCCCC(=O)O.O=C(O)CCCCCCCCC(=O)O.O=C(O)CCCCCCCCC(=O)O.O=C(O)CCCCCCCCC(=O)O. The number of rotatable bonds is 39. The Morgan fingerprint density at radius 1 is 0.324 bits per heavy atom. The van der Waals surface area contributed by atoms with Crippen LogP contribution in [0.4, 0.5) is 4.79 Å². The molecule has 0 rings (SSSR count). The van der Waals surface area contributed by atoms with Gasteiger partial charge in [-0.25, -0.2) is 4.79 Å². The molecule has 11 N–H and O–H groups in total. The third-order valence-electron chi connectivity index (χ3n) is 9.89. The van der Waals surface area contributed by atoms with Crippen molar-refractivity contribution in [2.45, 2.75) is 236 Å². The zero-order valence-electron chi connectivity index (χ0n) is 40.7. The summed E-state index contributed by atoms with van der Waals surface area (Å²) in [5, 5.41) is 68.8. The second-order valence-corrected chi connectivity index (χ2v) is 17.6. The maximum Gasteiger partial charge on any atom is 0.318 e. The summed E-state index contributed by atoms with van der Waals surface area (Å²) in [5.41, 5.74) is 4.81. The molecule has 0 aliphatic heterocycles. The van der Waals surface area contributed by atoms with Crippen molar-refractivity contribution in [1.82, 2.24) is 5.32 Å². The van der Waals surface area contributed by atoms with E-state index in [9.17, 15) is 47.9 Å². The zero-order chi connectivity index (χ0) is 53.0. The minimum atomic E-state index is -0.814. The van der Waals surface area contributed by atoms with Gasteiger partial charge in [0.2, 0.25) is 5.91 Å². The average Bonchev–Trinajstić information content (AvgIpc) is 3.24. The first-order valence-electron chi connectivity index (χ1n) is 24.0. The van der Waals surface area contributed by atoms with Crippen LogP contribution in [0.5, 0.6) is 0 Å². The normalized spacial score (nSPS) is 10.2. The molecule has 0 aliphatic carbocycles. The lowest BCUT2D eigenvalue weighted by Gasteiger charge is -2.21. The Morgan fingerprint density at radius 2 is 0.456 bits per heavy atom. The smallest absolute Gasteiger partial charge is 0.318 e. The molecule has 0 saturated carbocycles. The summed E-state index contributed by atoms with van der Waals surface area (Å²) in [4.78, 5) is 103. The van der Waals surface area contributed by atoms with Gasteiger partial charge < -0.3 is 46.6 Å². The Balaban J connectivity index is -0.000000243. The Hall–Kier alpha value is -4.82. The van der Waals surface area contributed by atoms with Crippen LogP contribution in [0.2, 0.25) is 0 Å². The number of amides is 3. The lowest BCUT2D eigenvalue weighted by molar-refractivity contribution is -0.138. The fourth-order valence-electron chi connectivity index (χ4n) is 5.83. The number of nitrogens with two attached hydrogens (primary N) is 1. The van der Waals surface area contributed by atoms with E-state index >= 15 is 0 Å². The number of carboxylic acids is 8.